The lowest BCUT2D eigenvalue weighted by atomic mass is 9.85. The molecule has 0 radical (unpaired) electrons. The molecule has 1 fully saturated rings. The van der Waals surface area contributed by atoms with Crippen LogP contribution in [-0.2, 0) is 4.74 Å². The number of Topliss-reactive ketones (excluding diaryl/α,β-unsaturated/α-hetero) is 2. The predicted octanol–water partition coefficient (Wildman–Crippen LogP) is 3.51. The Kier molecular flexibility index (Phi) is 5.41. The molecule has 0 spiro atoms. The summed E-state index contributed by atoms with van der Waals surface area (Å²) in [7, 11) is 0. The van der Waals surface area contributed by atoms with Crippen molar-refractivity contribution in [3.05, 3.63) is 46.5 Å². The molecule has 1 saturated heterocycles. The molecule has 132 valence electrons. The molecule has 2 atom stereocenters. The smallest absolute Gasteiger partial charge is 0.191 e. The van der Waals surface area contributed by atoms with Crippen LogP contribution >= 0.6 is 24.0 Å². The van der Waals surface area contributed by atoms with Crippen LogP contribution in [0.15, 0.2) is 35.4 Å². The van der Waals surface area contributed by atoms with Gasteiger partial charge in [-0.25, -0.2) is 0 Å². The molecule has 6 heteroatoms. The maximum Gasteiger partial charge on any atom is 0.191 e. The van der Waals surface area contributed by atoms with Crippen molar-refractivity contribution < 1.29 is 14.3 Å². The number of allylic oxidation sites excluding steroid dienone is 1. The molecule has 0 N–H and O–H groups in total. The minimum atomic E-state index is -0.0645. The number of nitrogens with zero attached hydrogens (tertiary/aromatic N) is 1. The fourth-order valence-corrected chi connectivity index (χ4v) is 4.55. The molecule has 1 heterocycles. The first-order chi connectivity index (χ1) is 11.9. The van der Waals surface area contributed by atoms with Gasteiger partial charge in [0.05, 0.1) is 12.2 Å². The van der Waals surface area contributed by atoms with Crippen molar-refractivity contribution in [3.63, 3.8) is 0 Å². The molecule has 3 rings (SSSR count). The summed E-state index contributed by atoms with van der Waals surface area (Å²) in [5, 5.41) is 0. The van der Waals surface area contributed by atoms with Gasteiger partial charge in [0, 0.05) is 41.1 Å². The van der Waals surface area contributed by atoms with Crippen LogP contribution in [0.1, 0.15) is 41.5 Å². The van der Waals surface area contributed by atoms with Gasteiger partial charge in [0.1, 0.15) is 4.32 Å². The summed E-state index contributed by atoms with van der Waals surface area (Å²) in [5.41, 5.74) is 2.08. The number of hydrogen-bond donors (Lipinski definition) is 0. The molecule has 0 aromatic heterocycles. The molecule has 2 aliphatic rings. The van der Waals surface area contributed by atoms with Crippen LogP contribution in [0.3, 0.4) is 0 Å². The van der Waals surface area contributed by atoms with E-state index in [1.807, 2.05) is 13.8 Å². The van der Waals surface area contributed by atoms with Crippen molar-refractivity contribution in [3.8, 4) is 0 Å². The summed E-state index contributed by atoms with van der Waals surface area (Å²) in [6.07, 6.45) is 0.265. The number of thiocarbonyl (C=S) groups is 1. The summed E-state index contributed by atoms with van der Waals surface area (Å²) in [6, 6.07) is 7.00. The zero-order valence-corrected chi connectivity index (χ0v) is 16.2. The van der Waals surface area contributed by atoms with E-state index in [9.17, 15) is 9.59 Å². The first-order valence-corrected chi connectivity index (χ1v) is 9.73. The predicted molar refractivity (Wildman–Crippen MR) is 104 cm³/mol. The Bertz CT molecular complexity index is 762. The van der Waals surface area contributed by atoms with Gasteiger partial charge in [-0.15, -0.1) is 0 Å². The van der Waals surface area contributed by atoms with Crippen molar-refractivity contribution in [2.45, 2.75) is 33.0 Å². The number of fused-ring (bicyclic) bond motifs is 1. The second-order valence-corrected chi connectivity index (χ2v) is 8.13. The number of benzene rings is 1. The minimum Gasteiger partial charge on any atom is -0.372 e. The Morgan fingerprint density at radius 2 is 1.72 bits per heavy atom. The molecule has 25 heavy (non-hydrogen) atoms. The third-order valence-electron chi connectivity index (χ3n) is 4.50. The average Bonchev–Trinajstić information content (AvgIpc) is 2.58. The van der Waals surface area contributed by atoms with Crippen LogP contribution in [0.2, 0.25) is 0 Å². The molecule has 0 saturated carbocycles. The Morgan fingerprint density at radius 1 is 1.16 bits per heavy atom. The van der Waals surface area contributed by atoms with Gasteiger partial charge in [-0.05, 0) is 20.8 Å². The number of ether oxygens (including phenoxy) is 1. The standard InChI is InChI=1S/C19H21NO3S2/c1-11-8-20(9-12(2)23-11)19(24)25-10-16-13(3)17(21)14-6-4-5-7-15(14)18(16)22/h4-7,11-12H,8-10H2,1-3H3. The number of thioether (sulfide) groups is 1. The van der Waals surface area contributed by atoms with E-state index in [1.165, 1.54) is 11.8 Å². The van der Waals surface area contributed by atoms with Gasteiger partial charge in [-0.3, -0.25) is 9.59 Å². The van der Waals surface area contributed by atoms with Crippen molar-refractivity contribution in [2.75, 3.05) is 18.8 Å². The Hall–Kier alpha value is -1.50. The third kappa shape index (κ3) is 3.71. The van der Waals surface area contributed by atoms with Gasteiger partial charge in [0.15, 0.2) is 11.6 Å². The molecule has 2 unspecified atom stereocenters. The Labute approximate surface area is 157 Å². The van der Waals surface area contributed by atoms with Gasteiger partial charge in [0.2, 0.25) is 0 Å². The lowest BCUT2D eigenvalue weighted by molar-refractivity contribution is -0.0465. The summed E-state index contributed by atoms with van der Waals surface area (Å²) >= 11 is 7.00. The topological polar surface area (TPSA) is 46.6 Å². The van der Waals surface area contributed by atoms with Gasteiger partial charge in [0.25, 0.3) is 0 Å². The highest BCUT2D eigenvalue weighted by atomic mass is 32.2. The highest BCUT2D eigenvalue weighted by Gasteiger charge is 2.30. The van der Waals surface area contributed by atoms with Crippen LogP contribution in [0.5, 0.6) is 0 Å². The molecule has 1 aromatic carbocycles. The number of hydrogen-bond acceptors (Lipinski definition) is 5. The fourth-order valence-electron chi connectivity index (χ4n) is 3.28. The monoisotopic (exact) mass is 375 g/mol. The second kappa shape index (κ2) is 7.40. The Balaban J connectivity index is 1.73. The highest BCUT2D eigenvalue weighted by molar-refractivity contribution is 8.23. The molecular weight excluding hydrogens is 354 g/mol. The maximum atomic E-state index is 12.8. The molecule has 4 nitrogen and oxygen atoms in total. The first kappa shape index (κ1) is 18.3. The van der Waals surface area contributed by atoms with E-state index >= 15 is 0 Å². The zero-order chi connectivity index (χ0) is 18.1. The summed E-state index contributed by atoms with van der Waals surface area (Å²) in [6.45, 7) is 7.30. The number of rotatable bonds is 2. The highest BCUT2D eigenvalue weighted by Crippen LogP contribution is 2.29. The number of carbonyl (C=O) groups is 2. The van der Waals surface area contributed by atoms with E-state index in [4.69, 9.17) is 17.0 Å². The number of ketones is 2. The minimum absolute atomic E-state index is 0.0632. The van der Waals surface area contributed by atoms with Crippen molar-refractivity contribution >= 4 is 39.9 Å². The van der Waals surface area contributed by atoms with E-state index in [0.29, 0.717) is 28.0 Å². The van der Waals surface area contributed by atoms with Crippen LogP contribution in [0.4, 0.5) is 0 Å². The van der Waals surface area contributed by atoms with Crippen molar-refractivity contribution in [1.82, 2.24) is 4.90 Å². The van der Waals surface area contributed by atoms with E-state index in [0.717, 1.165) is 17.4 Å². The summed E-state index contributed by atoms with van der Waals surface area (Å²) < 4.78 is 6.48. The molecule has 0 bridgehead atoms. The number of morpholine rings is 1. The van der Waals surface area contributed by atoms with Crippen molar-refractivity contribution in [1.29, 1.82) is 0 Å². The summed E-state index contributed by atoms with van der Waals surface area (Å²) in [5.74, 6) is 0.293. The van der Waals surface area contributed by atoms with Gasteiger partial charge >= 0.3 is 0 Å². The lowest BCUT2D eigenvalue weighted by Crippen LogP contribution is -2.46. The first-order valence-electron chi connectivity index (χ1n) is 8.33. The zero-order valence-electron chi connectivity index (χ0n) is 14.6. The number of carbonyl (C=O) groups excluding carboxylic acids is 2. The molecule has 0 amide bonds. The van der Waals surface area contributed by atoms with Gasteiger partial charge in [-0.2, -0.15) is 0 Å². The quantitative estimate of drug-likeness (QED) is 0.737. The van der Waals surface area contributed by atoms with Crippen LogP contribution in [-0.4, -0.2) is 51.8 Å². The fraction of sp³-hybridized carbons (Fsp3) is 0.421. The van der Waals surface area contributed by atoms with Crippen LogP contribution < -0.4 is 0 Å². The third-order valence-corrected chi connectivity index (χ3v) is 6.05. The normalized spacial score (nSPS) is 23.7. The average molecular weight is 376 g/mol. The van der Waals surface area contributed by atoms with E-state index in [-0.39, 0.29) is 23.8 Å². The van der Waals surface area contributed by atoms with Gasteiger partial charge in [-0.1, -0.05) is 48.2 Å². The SMILES string of the molecule is CC1=C(CSC(=S)N2CC(C)OC(C)C2)C(=O)c2ccccc2C1=O. The van der Waals surface area contributed by atoms with Crippen LogP contribution in [0.25, 0.3) is 0 Å². The van der Waals surface area contributed by atoms with E-state index < -0.39 is 0 Å². The van der Waals surface area contributed by atoms with Crippen LogP contribution in [0, 0.1) is 0 Å². The van der Waals surface area contributed by atoms with Gasteiger partial charge < -0.3 is 9.64 Å². The largest absolute Gasteiger partial charge is 0.372 e. The maximum absolute atomic E-state index is 12.8. The summed E-state index contributed by atoms with van der Waals surface area (Å²) in [4.78, 5) is 27.4. The van der Waals surface area contributed by atoms with E-state index in [2.05, 4.69) is 4.90 Å². The van der Waals surface area contributed by atoms with Crippen molar-refractivity contribution in [2.24, 2.45) is 0 Å². The Morgan fingerprint density at radius 3 is 2.32 bits per heavy atom. The molecule has 1 aliphatic carbocycles. The molecule has 1 aliphatic heterocycles. The second-order valence-electron chi connectivity index (χ2n) is 6.52. The van der Waals surface area contributed by atoms with E-state index in [1.54, 1.807) is 31.2 Å². The molecule has 1 aromatic rings. The lowest BCUT2D eigenvalue weighted by Gasteiger charge is -2.36. The molecular formula is C19H21NO3S2.